The summed E-state index contributed by atoms with van der Waals surface area (Å²) >= 11 is 1.14. The van der Waals surface area contributed by atoms with E-state index in [1.165, 1.54) is 24.3 Å². The zero-order valence-corrected chi connectivity index (χ0v) is 13.3. The van der Waals surface area contributed by atoms with Crippen LogP contribution in [0.2, 0.25) is 0 Å². The molecule has 0 atom stereocenters. The number of rotatable bonds is 3. The van der Waals surface area contributed by atoms with Crippen LogP contribution in [0, 0.1) is 5.82 Å². The van der Waals surface area contributed by atoms with Crippen LogP contribution in [-0.4, -0.2) is 18.1 Å². The van der Waals surface area contributed by atoms with Gasteiger partial charge >= 0.3 is 0 Å². The van der Waals surface area contributed by atoms with Crippen LogP contribution in [0.25, 0.3) is 5.69 Å². The molecule has 0 aliphatic carbocycles. The van der Waals surface area contributed by atoms with Crippen LogP contribution >= 0.6 is 11.3 Å². The van der Waals surface area contributed by atoms with Gasteiger partial charge in [0.1, 0.15) is 11.6 Å². The van der Waals surface area contributed by atoms with Gasteiger partial charge in [0.15, 0.2) is 0 Å². The molecule has 1 heterocycles. The smallest absolute Gasteiger partial charge is 0.285 e. The Kier molecular flexibility index (Phi) is 4.01. The first-order valence-corrected chi connectivity index (χ1v) is 8.80. The van der Waals surface area contributed by atoms with E-state index in [0.29, 0.717) is 5.69 Å². The molecule has 0 spiro atoms. The summed E-state index contributed by atoms with van der Waals surface area (Å²) in [5.41, 5.74) is 0.583. The van der Waals surface area contributed by atoms with Gasteiger partial charge in [0.25, 0.3) is 10.0 Å². The number of benzene rings is 2. The van der Waals surface area contributed by atoms with Crippen molar-refractivity contribution in [2.75, 3.05) is 0 Å². The Morgan fingerprint density at radius 1 is 1.13 bits per heavy atom. The molecule has 1 aromatic heterocycles. The third kappa shape index (κ3) is 3.33. The maximum absolute atomic E-state index is 12.9. The Hall–Kier alpha value is -2.45. The molecule has 0 fully saturated rings. The van der Waals surface area contributed by atoms with Crippen molar-refractivity contribution >= 4 is 21.4 Å². The number of thiazole rings is 1. The van der Waals surface area contributed by atoms with E-state index in [2.05, 4.69) is 4.40 Å². The van der Waals surface area contributed by atoms with Crippen LogP contribution in [0.1, 0.15) is 0 Å². The lowest BCUT2D eigenvalue weighted by Gasteiger charge is -2.03. The molecule has 118 valence electrons. The summed E-state index contributed by atoms with van der Waals surface area (Å²) in [6.07, 6.45) is 1.65. The van der Waals surface area contributed by atoms with Crippen molar-refractivity contribution in [1.29, 1.82) is 0 Å². The first kappa shape index (κ1) is 15.4. The molecule has 0 aliphatic heterocycles. The summed E-state index contributed by atoms with van der Waals surface area (Å²) in [7, 11) is -3.96. The summed E-state index contributed by atoms with van der Waals surface area (Å²) in [5.74, 6) is -0.455. The predicted molar refractivity (Wildman–Crippen MR) is 84.5 cm³/mol. The monoisotopic (exact) mass is 350 g/mol. The summed E-state index contributed by atoms with van der Waals surface area (Å²) in [6, 6.07) is 10.9. The number of nitrogens with zero attached hydrogens (tertiary/aromatic N) is 2. The van der Waals surface area contributed by atoms with Crippen molar-refractivity contribution in [3.05, 3.63) is 70.7 Å². The second-order valence-corrected chi connectivity index (χ2v) is 7.07. The topological polar surface area (TPSA) is 71.7 Å². The Morgan fingerprint density at radius 2 is 1.87 bits per heavy atom. The predicted octanol–water partition coefficient (Wildman–Crippen LogP) is 2.67. The summed E-state index contributed by atoms with van der Waals surface area (Å²) in [6.45, 7) is 0. The van der Waals surface area contributed by atoms with E-state index in [9.17, 15) is 17.9 Å². The highest BCUT2D eigenvalue weighted by Crippen LogP contribution is 2.16. The largest absolute Gasteiger partial charge is 0.508 e. The van der Waals surface area contributed by atoms with Crippen LogP contribution in [0.3, 0.4) is 0 Å². The number of hydrogen-bond acceptors (Lipinski definition) is 4. The summed E-state index contributed by atoms with van der Waals surface area (Å²) in [5, 5.41) is 11.2. The van der Waals surface area contributed by atoms with E-state index >= 15 is 0 Å². The van der Waals surface area contributed by atoms with Gasteiger partial charge in [0.05, 0.1) is 10.6 Å². The molecule has 3 aromatic rings. The van der Waals surface area contributed by atoms with Crippen molar-refractivity contribution in [1.82, 2.24) is 4.57 Å². The molecule has 0 aliphatic rings. The van der Waals surface area contributed by atoms with Gasteiger partial charge < -0.3 is 5.11 Å². The Morgan fingerprint density at radius 3 is 2.57 bits per heavy atom. The molecule has 0 saturated carbocycles. The molecule has 0 unspecified atom stereocenters. The number of sulfonamides is 1. The minimum atomic E-state index is -3.96. The van der Waals surface area contributed by atoms with Gasteiger partial charge in [-0.05, 0) is 36.4 Å². The molecular formula is C15H11FN2O3S2. The average Bonchev–Trinajstić information content (AvgIpc) is 2.95. The van der Waals surface area contributed by atoms with E-state index < -0.39 is 15.8 Å². The Balaban J connectivity index is 2.11. The van der Waals surface area contributed by atoms with Crippen LogP contribution in [0.5, 0.6) is 5.75 Å². The number of phenolic OH excluding ortho intramolecular Hbond substituents is 1. The fraction of sp³-hybridized carbons (Fsp3) is 0. The number of hydrogen-bond donors (Lipinski definition) is 1. The van der Waals surface area contributed by atoms with Crippen LogP contribution < -0.4 is 4.80 Å². The van der Waals surface area contributed by atoms with Crippen LogP contribution in [0.4, 0.5) is 4.39 Å². The maximum atomic E-state index is 12.9. The second kappa shape index (κ2) is 5.98. The average molecular weight is 350 g/mol. The highest BCUT2D eigenvalue weighted by Gasteiger charge is 2.13. The molecule has 8 heteroatoms. The van der Waals surface area contributed by atoms with E-state index in [1.807, 2.05) is 0 Å². The first-order valence-electron chi connectivity index (χ1n) is 6.48. The van der Waals surface area contributed by atoms with E-state index in [1.54, 1.807) is 28.3 Å². The van der Waals surface area contributed by atoms with E-state index in [0.717, 1.165) is 23.5 Å². The summed E-state index contributed by atoms with van der Waals surface area (Å²) in [4.78, 5) is 0.134. The van der Waals surface area contributed by atoms with Gasteiger partial charge in [-0.1, -0.05) is 6.07 Å². The lowest BCUT2D eigenvalue weighted by Crippen LogP contribution is -2.14. The van der Waals surface area contributed by atoms with Crippen LogP contribution in [0.15, 0.2) is 69.4 Å². The lowest BCUT2D eigenvalue weighted by molar-refractivity contribution is 0.475. The van der Waals surface area contributed by atoms with Gasteiger partial charge in [0.2, 0.25) is 4.80 Å². The molecule has 3 rings (SSSR count). The molecule has 5 nitrogen and oxygen atoms in total. The molecule has 0 amide bonds. The molecule has 2 aromatic carbocycles. The zero-order valence-electron chi connectivity index (χ0n) is 11.6. The van der Waals surface area contributed by atoms with Crippen molar-refractivity contribution < 1.29 is 17.9 Å². The zero-order chi connectivity index (χ0) is 16.4. The van der Waals surface area contributed by atoms with Gasteiger partial charge in [-0.15, -0.1) is 15.7 Å². The van der Waals surface area contributed by atoms with Crippen LogP contribution in [-0.2, 0) is 10.0 Å². The first-order chi connectivity index (χ1) is 11.0. The van der Waals surface area contributed by atoms with Gasteiger partial charge in [-0.25, -0.2) is 4.39 Å². The number of halogens is 1. The molecule has 1 N–H and O–H groups in total. The number of aromatic hydroxyl groups is 1. The third-order valence-electron chi connectivity index (χ3n) is 3.01. The Labute approximate surface area is 135 Å². The third-order valence-corrected chi connectivity index (χ3v) is 5.16. The highest BCUT2D eigenvalue weighted by molar-refractivity contribution is 7.90. The second-order valence-electron chi connectivity index (χ2n) is 4.60. The maximum Gasteiger partial charge on any atom is 0.285 e. The van der Waals surface area contributed by atoms with Gasteiger partial charge in [-0.2, -0.15) is 8.42 Å². The fourth-order valence-corrected chi connectivity index (χ4v) is 3.87. The standard InChI is InChI=1S/C15H11FN2O3S2/c16-11-4-6-14(7-5-11)23(20,21)17-15-18(8-9-22-15)12-2-1-3-13(19)10-12/h1-10,19H/b17-15-. The van der Waals surface area contributed by atoms with Crippen molar-refractivity contribution in [2.24, 2.45) is 4.40 Å². The number of phenols is 1. The minimum absolute atomic E-state index is 0.0635. The summed E-state index contributed by atoms with van der Waals surface area (Å²) < 4.78 is 42.9. The quantitative estimate of drug-likeness (QED) is 0.789. The number of aromatic nitrogens is 1. The normalized spacial score (nSPS) is 12.5. The molecule has 0 radical (unpaired) electrons. The van der Waals surface area contributed by atoms with E-state index in [-0.39, 0.29) is 15.4 Å². The SMILES string of the molecule is O=S(=O)(/N=c1\sccn1-c1cccc(O)c1)c1ccc(F)cc1. The van der Waals surface area contributed by atoms with Gasteiger partial charge in [-0.3, -0.25) is 4.57 Å². The van der Waals surface area contributed by atoms with Crippen molar-refractivity contribution in [3.8, 4) is 11.4 Å². The molecule has 0 saturated heterocycles. The molecule has 0 bridgehead atoms. The highest BCUT2D eigenvalue weighted by atomic mass is 32.2. The Bertz CT molecular complexity index is 1010. The van der Waals surface area contributed by atoms with Gasteiger partial charge in [0, 0.05) is 17.6 Å². The fourth-order valence-electron chi connectivity index (χ4n) is 1.94. The lowest BCUT2D eigenvalue weighted by atomic mass is 10.3. The van der Waals surface area contributed by atoms with Crippen molar-refractivity contribution in [3.63, 3.8) is 0 Å². The molecular weight excluding hydrogens is 339 g/mol. The van der Waals surface area contributed by atoms with E-state index in [4.69, 9.17) is 0 Å². The molecule has 23 heavy (non-hydrogen) atoms. The van der Waals surface area contributed by atoms with Crippen molar-refractivity contribution in [2.45, 2.75) is 4.90 Å². The minimum Gasteiger partial charge on any atom is -0.508 e.